The highest BCUT2D eigenvalue weighted by Gasteiger charge is 2.61. The topological polar surface area (TPSA) is 59.4 Å². The van der Waals surface area contributed by atoms with Gasteiger partial charge in [-0.25, -0.2) is 4.98 Å². The number of hydrogen-bond donors (Lipinski definition) is 1. The van der Waals surface area contributed by atoms with E-state index in [0.717, 1.165) is 40.6 Å². The predicted molar refractivity (Wildman–Crippen MR) is 125 cm³/mol. The molecule has 0 radical (unpaired) electrons. The Morgan fingerprint density at radius 3 is 2.71 bits per heavy atom. The van der Waals surface area contributed by atoms with Crippen LogP contribution in [0.1, 0.15) is 51.7 Å². The SMILES string of the molecule is CCc1ccc(Oc2nc3ccccc3s2)cc1C1=C(O)[C@@]2(C)CC[C@@H](C1=O)C2(C)C. The molecule has 1 N–H and O–H groups in total. The Kier molecular flexibility index (Phi) is 4.52. The molecule has 3 aromatic rings. The average Bonchev–Trinajstić information content (AvgIpc) is 3.22. The van der Waals surface area contributed by atoms with E-state index in [4.69, 9.17) is 4.74 Å². The van der Waals surface area contributed by atoms with Crippen LogP contribution in [-0.4, -0.2) is 15.9 Å². The molecule has 0 saturated heterocycles. The fourth-order valence-corrected chi connectivity index (χ4v) is 6.20. The van der Waals surface area contributed by atoms with Crippen LogP contribution < -0.4 is 4.74 Å². The van der Waals surface area contributed by atoms with Gasteiger partial charge < -0.3 is 9.84 Å². The Balaban J connectivity index is 1.60. The zero-order chi connectivity index (χ0) is 22.0. The van der Waals surface area contributed by atoms with Gasteiger partial charge in [0.1, 0.15) is 11.5 Å². The van der Waals surface area contributed by atoms with Crippen molar-refractivity contribution < 1.29 is 14.6 Å². The highest BCUT2D eigenvalue weighted by molar-refractivity contribution is 7.20. The van der Waals surface area contributed by atoms with E-state index in [0.29, 0.717) is 16.5 Å². The van der Waals surface area contributed by atoms with Crippen LogP contribution in [0.3, 0.4) is 0 Å². The van der Waals surface area contributed by atoms with Crippen molar-refractivity contribution >= 4 is 32.9 Å². The third-order valence-electron chi connectivity index (χ3n) is 7.76. The number of fused-ring (bicyclic) bond motifs is 3. The Bertz CT molecular complexity index is 1210. The van der Waals surface area contributed by atoms with E-state index in [1.807, 2.05) is 42.5 Å². The second-order valence-corrected chi connectivity index (χ2v) is 10.4. The number of para-hydroxylation sites is 1. The molecule has 0 aliphatic heterocycles. The molecule has 5 rings (SSSR count). The van der Waals surface area contributed by atoms with E-state index in [-0.39, 0.29) is 22.9 Å². The monoisotopic (exact) mass is 433 g/mol. The molecular weight excluding hydrogens is 406 g/mol. The van der Waals surface area contributed by atoms with Gasteiger partial charge in [0.15, 0.2) is 5.78 Å². The van der Waals surface area contributed by atoms with Crippen molar-refractivity contribution in [3.05, 3.63) is 59.4 Å². The standard InChI is InChI=1S/C26H27NO3S/c1-5-15-10-11-16(30-24-27-19-8-6-7-9-20(19)31-24)14-17(15)21-22(28)18-12-13-26(4,23(21)29)25(18,2)3/h6-11,14,18,29H,5,12-13H2,1-4H3/t18-,26+/m0/s1. The number of ketones is 1. The quantitative estimate of drug-likeness (QED) is 0.484. The van der Waals surface area contributed by atoms with Gasteiger partial charge in [0.2, 0.25) is 0 Å². The summed E-state index contributed by atoms with van der Waals surface area (Å²) in [5.41, 5.74) is 2.57. The Morgan fingerprint density at radius 2 is 1.97 bits per heavy atom. The summed E-state index contributed by atoms with van der Waals surface area (Å²) in [4.78, 5) is 18.1. The highest BCUT2D eigenvalue weighted by Crippen LogP contribution is 2.64. The third kappa shape index (κ3) is 2.86. The third-order valence-corrected chi connectivity index (χ3v) is 8.67. The van der Waals surface area contributed by atoms with Crippen molar-refractivity contribution in [3.8, 4) is 10.9 Å². The summed E-state index contributed by atoms with van der Waals surface area (Å²) in [6, 6.07) is 13.7. The smallest absolute Gasteiger partial charge is 0.279 e. The van der Waals surface area contributed by atoms with E-state index in [1.165, 1.54) is 11.3 Å². The van der Waals surface area contributed by atoms with Crippen LogP contribution in [0, 0.1) is 16.7 Å². The van der Waals surface area contributed by atoms with Crippen LogP contribution >= 0.6 is 11.3 Å². The normalized spacial score (nSPS) is 24.8. The first-order valence-corrected chi connectivity index (χ1v) is 11.7. The number of aryl methyl sites for hydroxylation is 1. The minimum atomic E-state index is -0.393. The van der Waals surface area contributed by atoms with Crippen LogP contribution in [-0.2, 0) is 11.2 Å². The van der Waals surface area contributed by atoms with E-state index in [9.17, 15) is 9.90 Å². The van der Waals surface area contributed by atoms with Gasteiger partial charge in [0, 0.05) is 11.3 Å². The zero-order valence-corrected chi connectivity index (χ0v) is 19.2. The van der Waals surface area contributed by atoms with Crippen molar-refractivity contribution in [3.63, 3.8) is 0 Å². The summed E-state index contributed by atoms with van der Waals surface area (Å²) in [7, 11) is 0. The van der Waals surface area contributed by atoms with Gasteiger partial charge in [-0.3, -0.25) is 4.79 Å². The summed E-state index contributed by atoms with van der Waals surface area (Å²) in [6.45, 7) is 8.39. The van der Waals surface area contributed by atoms with Crippen molar-refractivity contribution in [2.75, 3.05) is 0 Å². The summed E-state index contributed by atoms with van der Waals surface area (Å²) >= 11 is 1.49. The molecule has 31 heavy (non-hydrogen) atoms. The molecule has 0 spiro atoms. The molecule has 2 atom stereocenters. The van der Waals surface area contributed by atoms with E-state index in [2.05, 4.69) is 32.7 Å². The van der Waals surface area contributed by atoms with Gasteiger partial charge in [0.05, 0.1) is 15.8 Å². The lowest BCUT2D eigenvalue weighted by Gasteiger charge is -2.45. The van der Waals surface area contributed by atoms with E-state index in [1.54, 1.807) is 0 Å². The predicted octanol–water partition coefficient (Wildman–Crippen LogP) is 6.95. The Labute approximate surface area is 186 Å². The first-order chi connectivity index (χ1) is 14.8. The van der Waals surface area contributed by atoms with Gasteiger partial charge in [-0.05, 0) is 60.1 Å². The van der Waals surface area contributed by atoms with E-state index < -0.39 is 5.41 Å². The fourth-order valence-electron chi connectivity index (χ4n) is 5.37. The molecule has 0 amide bonds. The number of carbonyl (C=O) groups is 1. The summed E-state index contributed by atoms with van der Waals surface area (Å²) < 4.78 is 7.16. The zero-order valence-electron chi connectivity index (χ0n) is 18.4. The van der Waals surface area contributed by atoms with Gasteiger partial charge in [0.25, 0.3) is 5.19 Å². The number of ether oxygens (including phenoxy) is 1. The lowest BCUT2D eigenvalue weighted by Crippen LogP contribution is -2.43. The fraction of sp³-hybridized carbons (Fsp3) is 0.385. The maximum atomic E-state index is 13.5. The molecule has 160 valence electrons. The lowest BCUT2D eigenvalue weighted by atomic mass is 9.58. The number of aliphatic hydroxyl groups is 1. The number of aliphatic hydroxyl groups excluding tert-OH is 1. The molecule has 2 aliphatic carbocycles. The van der Waals surface area contributed by atoms with Crippen molar-refractivity contribution in [2.45, 2.75) is 47.0 Å². The number of carbonyl (C=O) groups excluding carboxylic acids is 1. The molecule has 2 aliphatic rings. The minimum Gasteiger partial charge on any atom is -0.511 e. The molecule has 1 heterocycles. The molecule has 0 unspecified atom stereocenters. The molecule has 1 fully saturated rings. The molecule has 2 bridgehead atoms. The number of nitrogens with zero attached hydrogens (tertiary/aromatic N) is 1. The second kappa shape index (κ2) is 6.92. The largest absolute Gasteiger partial charge is 0.511 e. The highest BCUT2D eigenvalue weighted by atomic mass is 32.1. The number of benzene rings is 2. The minimum absolute atomic E-state index is 0.0595. The number of Topliss-reactive ketones (excluding diaryl/α,β-unsaturated/α-hetero) is 1. The van der Waals surface area contributed by atoms with Gasteiger partial charge in [-0.15, -0.1) is 0 Å². The van der Waals surface area contributed by atoms with Crippen LogP contribution in [0.5, 0.6) is 10.9 Å². The van der Waals surface area contributed by atoms with Crippen LogP contribution in [0.4, 0.5) is 0 Å². The van der Waals surface area contributed by atoms with Gasteiger partial charge >= 0.3 is 0 Å². The molecule has 4 nitrogen and oxygen atoms in total. The second-order valence-electron chi connectivity index (χ2n) is 9.45. The Morgan fingerprint density at radius 1 is 1.19 bits per heavy atom. The summed E-state index contributed by atoms with van der Waals surface area (Å²) in [6.07, 6.45) is 2.42. The maximum absolute atomic E-state index is 13.5. The Hall–Kier alpha value is -2.66. The van der Waals surface area contributed by atoms with Gasteiger partial charge in [-0.1, -0.05) is 57.2 Å². The number of hydrogen-bond acceptors (Lipinski definition) is 5. The first-order valence-electron chi connectivity index (χ1n) is 10.9. The number of thiazole rings is 1. The molecular formula is C26H27NO3S. The van der Waals surface area contributed by atoms with Gasteiger partial charge in [-0.2, -0.15) is 0 Å². The van der Waals surface area contributed by atoms with Crippen molar-refractivity contribution in [2.24, 2.45) is 16.7 Å². The summed E-state index contributed by atoms with van der Waals surface area (Å²) in [5, 5.41) is 11.9. The average molecular weight is 434 g/mol. The van der Waals surface area contributed by atoms with Crippen LogP contribution in [0.15, 0.2) is 48.2 Å². The summed E-state index contributed by atoms with van der Waals surface area (Å²) in [5.74, 6) is 0.857. The van der Waals surface area contributed by atoms with Crippen molar-refractivity contribution in [1.29, 1.82) is 0 Å². The molecule has 5 heteroatoms. The van der Waals surface area contributed by atoms with E-state index >= 15 is 0 Å². The lowest BCUT2D eigenvalue weighted by molar-refractivity contribution is -0.122. The van der Waals surface area contributed by atoms with Crippen LogP contribution in [0.2, 0.25) is 0 Å². The number of aromatic nitrogens is 1. The number of rotatable bonds is 4. The van der Waals surface area contributed by atoms with Crippen molar-refractivity contribution in [1.82, 2.24) is 4.98 Å². The maximum Gasteiger partial charge on any atom is 0.279 e. The molecule has 1 saturated carbocycles. The van der Waals surface area contributed by atoms with Crippen LogP contribution in [0.25, 0.3) is 15.8 Å². The number of allylic oxidation sites excluding steroid dienone is 2. The molecule has 2 aromatic carbocycles. The first kappa shape index (κ1) is 20.3. The molecule has 1 aromatic heterocycles.